The fourth-order valence-corrected chi connectivity index (χ4v) is 5.49. The SMILES string of the molecule is CC(OC(=O)c1ccc(C2SCCS2)cc1)C(=O)Nc1cccc(C(F)(F)F)c1. The fourth-order valence-electron chi connectivity index (χ4n) is 2.63. The maximum absolute atomic E-state index is 12.8. The molecule has 1 saturated heterocycles. The van der Waals surface area contributed by atoms with Crippen LogP contribution in [-0.4, -0.2) is 29.5 Å². The van der Waals surface area contributed by atoms with Gasteiger partial charge in [0.2, 0.25) is 0 Å². The zero-order valence-corrected chi connectivity index (χ0v) is 17.0. The number of ether oxygens (including phenoxy) is 1. The van der Waals surface area contributed by atoms with Crippen molar-refractivity contribution >= 4 is 41.1 Å². The Labute approximate surface area is 174 Å². The van der Waals surface area contributed by atoms with Gasteiger partial charge >= 0.3 is 12.1 Å². The van der Waals surface area contributed by atoms with Crippen LogP contribution < -0.4 is 5.32 Å². The Balaban J connectivity index is 1.58. The third-order valence-corrected chi connectivity index (χ3v) is 7.26. The highest BCUT2D eigenvalue weighted by Gasteiger charge is 2.30. The molecule has 0 radical (unpaired) electrons. The molecule has 29 heavy (non-hydrogen) atoms. The first kappa shape index (κ1) is 21.6. The van der Waals surface area contributed by atoms with Gasteiger partial charge in [-0.15, -0.1) is 23.5 Å². The highest BCUT2D eigenvalue weighted by atomic mass is 32.2. The number of hydrogen-bond donors (Lipinski definition) is 1. The average Bonchev–Trinajstić information content (AvgIpc) is 3.22. The summed E-state index contributed by atoms with van der Waals surface area (Å²) < 4.78 is 43.8. The van der Waals surface area contributed by atoms with E-state index in [-0.39, 0.29) is 5.69 Å². The number of carbonyl (C=O) groups excluding carboxylic acids is 2. The fraction of sp³-hybridized carbons (Fsp3) is 0.300. The number of benzene rings is 2. The van der Waals surface area contributed by atoms with Gasteiger partial charge in [0.25, 0.3) is 5.91 Å². The molecule has 1 aliphatic rings. The molecule has 1 atom stereocenters. The van der Waals surface area contributed by atoms with E-state index in [0.29, 0.717) is 10.1 Å². The number of alkyl halides is 3. The van der Waals surface area contributed by atoms with E-state index in [1.165, 1.54) is 19.1 Å². The standard InChI is InChI=1S/C20H18F3NO3S2/c1-12(17(25)24-16-4-2-3-15(11-16)20(21,22)23)27-18(26)13-5-7-14(8-6-13)19-28-9-10-29-19/h2-8,11-12,19H,9-10H2,1H3,(H,24,25). The smallest absolute Gasteiger partial charge is 0.416 e. The normalized spacial score (nSPS) is 15.7. The first-order chi connectivity index (χ1) is 13.7. The summed E-state index contributed by atoms with van der Waals surface area (Å²) >= 11 is 3.70. The first-order valence-electron chi connectivity index (χ1n) is 8.76. The first-order valence-corrected chi connectivity index (χ1v) is 10.9. The number of carbonyl (C=O) groups is 2. The van der Waals surface area contributed by atoms with Crippen LogP contribution >= 0.6 is 23.5 Å². The Bertz CT molecular complexity index is 881. The van der Waals surface area contributed by atoms with Crippen molar-refractivity contribution in [2.24, 2.45) is 0 Å². The molecule has 2 aromatic carbocycles. The van der Waals surface area contributed by atoms with Crippen LogP contribution in [0.25, 0.3) is 0 Å². The van der Waals surface area contributed by atoms with Crippen LogP contribution in [-0.2, 0) is 15.7 Å². The number of rotatable bonds is 5. The second kappa shape index (κ2) is 9.13. The van der Waals surface area contributed by atoms with Crippen molar-refractivity contribution in [2.45, 2.75) is 23.8 Å². The average molecular weight is 441 g/mol. The van der Waals surface area contributed by atoms with Crippen LogP contribution in [0, 0.1) is 0 Å². The third kappa shape index (κ3) is 5.70. The minimum Gasteiger partial charge on any atom is -0.449 e. The predicted molar refractivity (Wildman–Crippen MR) is 109 cm³/mol. The van der Waals surface area contributed by atoms with E-state index < -0.39 is 29.7 Å². The van der Waals surface area contributed by atoms with Crippen molar-refractivity contribution in [3.05, 3.63) is 65.2 Å². The zero-order chi connectivity index (χ0) is 21.0. The molecule has 9 heteroatoms. The number of amides is 1. The number of thioether (sulfide) groups is 2. The van der Waals surface area contributed by atoms with Gasteiger partial charge in [0.1, 0.15) is 0 Å². The molecule has 1 N–H and O–H groups in total. The van der Waals surface area contributed by atoms with Gasteiger partial charge in [0, 0.05) is 17.2 Å². The molecule has 0 aliphatic carbocycles. The number of halogens is 3. The lowest BCUT2D eigenvalue weighted by Gasteiger charge is -2.15. The summed E-state index contributed by atoms with van der Waals surface area (Å²) in [5.74, 6) is 0.804. The van der Waals surface area contributed by atoms with Crippen LogP contribution in [0.5, 0.6) is 0 Å². The second-order valence-corrected chi connectivity index (χ2v) is 9.04. The quantitative estimate of drug-likeness (QED) is 0.633. The molecule has 1 fully saturated rings. The molecule has 154 valence electrons. The van der Waals surface area contributed by atoms with Crippen molar-refractivity contribution in [3.8, 4) is 0 Å². The summed E-state index contributed by atoms with van der Waals surface area (Å²) in [5.41, 5.74) is 0.520. The molecular weight excluding hydrogens is 423 g/mol. The lowest BCUT2D eigenvalue weighted by atomic mass is 10.1. The topological polar surface area (TPSA) is 55.4 Å². The molecule has 2 aromatic rings. The van der Waals surface area contributed by atoms with Gasteiger partial charge in [0.05, 0.1) is 15.7 Å². The van der Waals surface area contributed by atoms with Gasteiger partial charge in [0.15, 0.2) is 6.10 Å². The minimum absolute atomic E-state index is 0.0244. The second-order valence-electron chi connectivity index (χ2n) is 6.31. The molecule has 1 amide bonds. The maximum Gasteiger partial charge on any atom is 0.416 e. The molecule has 3 rings (SSSR count). The Morgan fingerprint density at radius 1 is 1.10 bits per heavy atom. The number of nitrogens with one attached hydrogen (secondary N) is 1. The molecule has 0 saturated carbocycles. The van der Waals surface area contributed by atoms with Crippen LogP contribution in [0.15, 0.2) is 48.5 Å². The van der Waals surface area contributed by atoms with E-state index in [0.717, 1.165) is 29.2 Å². The van der Waals surface area contributed by atoms with Crippen LogP contribution in [0.4, 0.5) is 18.9 Å². The largest absolute Gasteiger partial charge is 0.449 e. The van der Waals surface area contributed by atoms with Gasteiger partial charge < -0.3 is 10.1 Å². The van der Waals surface area contributed by atoms with Crippen molar-refractivity contribution in [2.75, 3.05) is 16.8 Å². The lowest BCUT2D eigenvalue weighted by Crippen LogP contribution is -2.30. The molecule has 0 aromatic heterocycles. The van der Waals surface area contributed by atoms with Crippen molar-refractivity contribution in [3.63, 3.8) is 0 Å². The molecule has 4 nitrogen and oxygen atoms in total. The monoisotopic (exact) mass is 441 g/mol. The molecule has 1 heterocycles. The molecule has 1 unspecified atom stereocenters. The van der Waals surface area contributed by atoms with Crippen LogP contribution in [0.3, 0.4) is 0 Å². The summed E-state index contributed by atoms with van der Waals surface area (Å²) in [5, 5.41) is 2.34. The van der Waals surface area contributed by atoms with E-state index in [9.17, 15) is 22.8 Å². The van der Waals surface area contributed by atoms with Crippen molar-refractivity contribution in [1.29, 1.82) is 0 Å². The number of esters is 1. The Morgan fingerprint density at radius 2 is 1.76 bits per heavy atom. The van der Waals surface area contributed by atoms with E-state index in [4.69, 9.17) is 4.74 Å². The summed E-state index contributed by atoms with van der Waals surface area (Å²) in [6.45, 7) is 1.36. The van der Waals surface area contributed by atoms with Crippen molar-refractivity contribution in [1.82, 2.24) is 0 Å². The molecular formula is C20H18F3NO3S2. The summed E-state index contributed by atoms with van der Waals surface area (Å²) in [4.78, 5) is 24.5. The van der Waals surface area contributed by atoms with Gasteiger partial charge in [-0.25, -0.2) is 4.79 Å². The van der Waals surface area contributed by atoms with Gasteiger partial charge in [-0.3, -0.25) is 4.79 Å². The van der Waals surface area contributed by atoms with Crippen LogP contribution in [0.2, 0.25) is 0 Å². The Kier molecular flexibility index (Phi) is 6.79. The number of anilines is 1. The summed E-state index contributed by atoms with van der Waals surface area (Å²) in [6.07, 6.45) is -5.68. The van der Waals surface area contributed by atoms with E-state index in [1.54, 1.807) is 12.1 Å². The van der Waals surface area contributed by atoms with Crippen LogP contribution in [0.1, 0.15) is 33.0 Å². The van der Waals surface area contributed by atoms with E-state index >= 15 is 0 Å². The predicted octanol–water partition coefficient (Wildman–Crippen LogP) is 5.37. The summed E-state index contributed by atoms with van der Waals surface area (Å²) in [7, 11) is 0. The third-order valence-electron chi connectivity index (χ3n) is 4.15. The highest BCUT2D eigenvalue weighted by Crippen LogP contribution is 2.45. The highest BCUT2D eigenvalue weighted by molar-refractivity contribution is 8.19. The molecule has 1 aliphatic heterocycles. The Hall–Kier alpha value is -2.13. The minimum atomic E-state index is -4.51. The van der Waals surface area contributed by atoms with Gasteiger partial charge in [-0.1, -0.05) is 18.2 Å². The maximum atomic E-state index is 12.8. The summed E-state index contributed by atoms with van der Waals surface area (Å²) in [6, 6.07) is 11.3. The van der Waals surface area contributed by atoms with Gasteiger partial charge in [-0.05, 0) is 42.8 Å². The van der Waals surface area contributed by atoms with E-state index in [1.807, 2.05) is 35.7 Å². The molecule has 0 bridgehead atoms. The molecule has 0 spiro atoms. The van der Waals surface area contributed by atoms with Gasteiger partial charge in [-0.2, -0.15) is 13.2 Å². The Morgan fingerprint density at radius 3 is 2.38 bits per heavy atom. The van der Waals surface area contributed by atoms with E-state index in [2.05, 4.69) is 5.32 Å². The zero-order valence-electron chi connectivity index (χ0n) is 15.4. The lowest BCUT2D eigenvalue weighted by molar-refractivity contribution is -0.137. The number of hydrogen-bond acceptors (Lipinski definition) is 5. The van der Waals surface area contributed by atoms with Crippen molar-refractivity contribution < 1.29 is 27.5 Å².